The predicted molar refractivity (Wildman–Crippen MR) is 74.6 cm³/mol. The molecule has 0 saturated carbocycles. The van der Waals surface area contributed by atoms with Crippen molar-refractivity contribution >= 4 is 15.9 Å². The van der Waals surface area contributed by atoms with E-state index in [-0.39, 0.29) is 0 Å². The van der Waals surface area contributed by atoms with E-state index in [4.69, 9.17) is 0 Å². The molecule has 0 aliphatic rings. The van der Waals surface area contributed by atoms with Gasteiger partial charge in [0, 0.05) is 17.1 Å². The second kappa shape index (κ2) is 7.86. The molecular weight excluding hydrogens is 262 g/mol. The standard InChI is InChI=1S/C14H22BrN/c1-3-5-6-14(4-2)16-11-12-7-9-13(15)10-8-12/h7-10,14,16H,3-6,11H2,1-2H3. The van der Waals surface area contributed by atoms with E-state index in [1.807, 2.05) is 0 Å². The summed E-state index contributed by atoms with van der Waals surface area (Å²) in [5.41, 5.74) is 1.36. The van der Waals surface area contributed by atoms with Crippen molar-refractivity contribution in [2.24, 2.45) is 0 Å². The van der Waals surface area contributed by atoms with Gasteiger partial charge in [0.05, 0.1) is 0 Å². The van der Waals surface area contributed by atoms with Gasteiger partial charge in [-0.05, 0) is 30.5 Å². The Kier molecular flexibility index (Phi) is 6.74. The maximum Gasteiger partial charge on any atom is 0.0208 e. The molecule has 90 valence electrons. The molecule has 1 aromatic carbocycles. The zero-order chi connectivity index (χ0) is 11.8. The van der Waals surface area contributed by atoms with Crippen molar-refractivity contribution in [2.45, 2.75) is 52.1 Å². The number of unbranched alkanes of at least 4 members (excludes halogenated alkanes) is 1. The molecule has 0 amide bonds. The van der Waals surface area contributed by atoms with Gasteiger partial charge in [0.1, 0.15) is 0 Å². The number of rotatable bonds is 7. The average molecular weight is 284 g/mol. The lowest BCUT2D eigenvalue weighted by Gasteiger charge is -2.16. The lowest BCUT2D eigenvalue weighted by Crippen LogP contribution is -2.27. The lowest BCUT2D eigenvalue weighted by atomic mass is 10.1. The summed E-state index contributed by atoms with van der Waals surface area (Å²) in [6, 6.07) is 9.21. The first-order valence-electron chi connectivity index (χ1n) is 6.24. The number of nitrogens with one attached hydrogen (secondary N) is 1. The molecule has 1 nitrogen and oxygen atoms in total. The molecule has 0 aliphatic carbocycles. The van der Waals surface area contributed by atoms with E-state index in [1.165, 1.54) is 31.2 Å². The highest BCUT2D eigenvalue weighted by molar-refractivity contribution is 9.10. The summed E-state index contributed by atoms with van der Waals surface area (Å²) in [6.07, 6.45) is 5.13. The molecule has 0 spiro atoms. The van der Waals surface area contributed by atoms with Gasteiger partial charge in [-0.2, -0.15) is 0 Å². The number of halogens is 1. The Morgan fingerprint density at radius 2 is 1.88 bits per heavy atom. The largest absolute Gasteiger partial charge is 0.310 e. The molecule has 1 atom stereocenters. The SMILES string of the molecule is CCCCC(CC)NCc1ccc(Br)cc1. The Morgan fingerprint density at radius 3 is 2.44 bits per heavy atom. The van der Waals surface area contributed by atoms with Gasteiger partial charge >= 0.3 is 0 Å². The highest BCUT2D eigenvalue weighted by Gasteiger charge is 2.04. The smallest absolute Gasteiger partial charge is 0.0208 e. The monoisotopic (exact) mass is 283 g/mol. The van der Waals surface area contributed by atoms with Crippen molar-refractivity contribution in [1.82, 2.24) is 5.32 Å². The van der Waals surface area contributed by atoms with Crippen molar-refractivity contribution in [1.29, 1.82) is 0 Å². The molecule has 1 rings (SSSR count). The van der Waals surface area contributed by atoms with E-state index in [2.05, 4.69) is 59.4 Å². The third-order valence-corrected chi connectivity index (χ3v) is 3.44. The third-order valence-electron chi connectivity index (χ3n) is 2.91. The first kappa shape index (κ1) is 13.7. The summed E-state index contributed by atoms with van der Waals surface area (Å²) in [4.78, 5) is 0. The molecule has 0 aliphatic heterocycles. The molecule has 0 bridgehead atoms. The molecule has 1 N–H and O–H groups in total. The highest BCUT2D eigenvalue weighted by atomic mass is 79.9. The highest BCUT2D eigenvalue weighted by Crippen LogP contribution is 2.11. The third kappa shape index (κ3) is 5.13. The fraction of sp³-hybridized carbons (Fsp3) is 0.571. The van der Waals surface area contributed by atoms with E-state index in [0.29, 0.717) is 6.04 Å². The Labute approximate surface area is 108 Å². The zero-order valence-corrected chi connectivity index (χ0v) is 11.9. The summed E-state index contributed by atoms with van der Waals surface area (Å²) in [7, 11) is 0. The van der Waals surface area contributed by atoms with Crippen LogP contribution >= 0.6 is 15.9 Å². The van der Waals surface area contributed by atoms with Gasteiger partial charge in [0.25, 0.3) is 0 Å². The summed E-state index contributed by atoms with van der Waals surface area (Å²) in [5, 5.41) is 3.62. The van der Waals surface area contributed by atoms with E-state index >= 15 is 0 Å². The maximum absolute atomic E-state index is 3.62. The fourth-order valence-electron chi connectivity index (χ4n) is 1.77. The normalized spacial score (nSPS) is 12.7. The van der Waals surface area contributed by atoms with Crippen molar-refractivity contribution in [3.8, 4) is 0 Å². The molecule has 0 saturated heterocycles. The molecule has 1 unspecified atom stereocenters. The number of hydrogen-bond donors (Lipinski definition) is 1. The minimum absolute atomic E-state index is 0.670. The van der Waals surface area contributed by atoms with Gasteiger partial charge in [-0.3, -0.25) is 0 Å². The van der Waals surface area contributed by atoms with Crippen LogP contribution in [0.5, 0.6) is 0 Å². The molecule has 0 heterocycles. The maximum atomic E-state index is 3.62. The second-order valence-corrected chi connectivity index (χ2v) is 5.17. The van der Waals surface area contributed by atoms with Crippen LogP contribution in [0.15, 0.2) is 28.7 Å². The second-order valence-electron chi connectivity index (χ2n) is 4.25. The number of hydrogen-bond acceptors (Lipinski definition) is 1. The van der Waals surface area contributed by atoms with Crippen LogP contribution in [0.3, 0.4) is 0 Å². The van der Waals surface area contributed by atoms with Crippen LogP contribution < -0.4 is 5.32 Å². The minimum Gasteiger partial charge on any atom is -0.310 e. The van der Waals surface area contributed by atoms with Crippen LogP contribution in [0.2, 0.25) is 0 Å². The lowest BCUT2D eigenvalue weighted by molar-refractivity contribution is 0.452. The summed E-state index contributed by atoms with van der Waals surface area (Å²) < 4.78 is 1.15. The van der Waals surface area contributed by atoms with E-state index in [0.717, 1.165) is 11.0 Å². The molecule has 0 radical (unpaired) electrons. The van der Waals surface area contributed by atoms with Crippen LogP contribution in [-0.4, -0.2) is 6.04 Å². The topological polar surface area (TPSA) is 12.0 Å². The summed E-state index contributed by atoms with van der Waals surface area (Å²) in [5.74, 6) is 0. The summed E-state index contributed by atoms with van der Waals surface area (Å²) >= 11 is 3.45. The van der Waals surface area contributed by atoms with Crippen molar-refractivity contribution in [2.75, 3.05) is 0 Å². The van der Waals surface area contributed by atoms with Gasteiger partial charge in [-0.25, -0.2) is 0 Å². The Bertz CT molecular complexity index is 281. The zero-order valence-electron chi connectivity index (χ0n) is 10.3. The first-order valence-corrected chi connectivity index (χ1v) is 7.03. The van der Waals surface area contributed by atoms with Crippen LogP contribution in [-0.2, 0) is 6.54 Å². The fourth-order valence-corrected chi connectivity index (χ4v) is 2.03. The molecule has 16 heavy (non-hydrogen) atoms. The van der Waals surface area contributed by atoms with E-state index in [9.17, 15) is 0 Å². The molecule has 2 heteroatoms. The van der Waals surface area contributed by atoms with Gasteiger partial charge in [-0.1, -0.05) is 54.8 Å². The Morgan fingerprint density at radius 1 is 1.19 bits per heavy atom. The predicted octanol–water partition coefficient (Wildman–Crippen LogP) is 4.51. The Hall–Kier alpha value is -0.340. The van der Waals surface area contributed by atoms with Gasteiger partial charge in [-0.15, -0.1) is 0 Å². The van der Waals surface area contributed by atoms with Crippen molar-refractivity contribution in [3.63, 3.8) is 0 Å². The van der Waals surface area contributed by atoms with E-state index < -0.39 is 0 Å². The van der Waals surface area contributed by atoms with Gasteiger partial charge in [0.2, 0.25) is 0 Å². The average Bonchev–Trinajstić information content (AvgIpc) is 2.32. The Balaban J connectivity index is 2.34. The molecule has 0 fully saturated rings. The van der Waals surface area contributed by atoms with Crippen LogP contribution in [0.1, 0.15) is 45.1 Å². The molecule has 0 aromatic heterocycles. The van der Waals surface area contributed by atoms with Crippen molar-refractivity contribution in [3.05, 3.63) is 34.3 Å². The van der Waals surface area contributed by atoms with Gasteiger partial charge < -0.3 is 5.32 Å². The first-order chi connectivity index (χ1) is 7.76. The minimum atomic E-state index is 0.670. The van der Waals surface area contributed by atoms with Crippen molar-refractivity contribution < 1.29 is 0 Å². The van der Waals surface area contributed by atoms with Gasteiger partial charge in [0.15, 0.2) is 0 Å². The molecular formula is C14H22BrN. The van der Waals surface area contributed by atoms with Crippen LogP contribution in [0.25, 0.3) is 0 Å². The van der Waals surface area contributed by atoms with Crippen LogP contribution in [0, 0.1) is 0 Å². The summed E-state index contributed by atoms with van der Waals surface area (Å²) in [6.45, 7) is 5.49. The van der Waals surface area contributed by atoms with E-state index in [1.54, 1.807) is 0 Å². The van der Waals surface area contributed by atoms with Crippen LogP contribution in [0.4, 0.5) is 0 Å². The molecule has 1 aromatic rings. The number of benzene rings is 1. The quantitative estimate of drug-likeness (QED) is 0.777.